The molecule has 0 aromatic heterocycles. The van der Waals surface area contributed by atoms with Gasteiger partial charge in [-0.3, -0.25) is 14.4 Å². The number of benzene rings is 2. The number of hydrogen-bond donors (Lipinski definition) is 2. The summed E-state index contributed by atoms with van der Waals surface area (Å²) >= 11 is 0. The third-order valence-corrected chi connectivity index (χ3v) is 4.96. The Labute approximate surface area is 164 Å². The number of carboxylic acids is 1. The largest absolute Gasteiger partial charge is 0.481 e. The molecular weight excluding hydrogens is 356 g/mol. The van der Waals surface area contributed by atoms with Gasteiger partial charge in [0.15, 0.2) is 0 Å². The zero-order valence-corrected chi connectivity index (χ0v) is 15.9. The van der Waals surface area contributed by atoms with Crippen LogP contribution in [0.4, 0.5) is 5.69 Å². The third kappa shape index (κ3) is 4.76. The number of carbonyl (C=O) groups excluding carboxylic acids is 2. The average molecular weight is 380 g/mol. The number of aryl methyl sites for hydroxylation is 1. The lowest BCUT2D eigenvalue weighted by Gasteiger charge is -2.20. The number of carbonyl (C=O) groups is 3. The van der Waals surface area contributed by atoms with E-state index >= 15 is 0 Å². The summed E-state index contributed by atoms with van der Waals surface area (Å²) in [6.07, 6.45) is 1.42. The summed E-state index contributed by atoms with van der Waals surface area (Å²) in [7, 11) is 0. The minimum atomic E-state index is -0.965. The summed E-state index contributed by atoms with van der Waals surface area (Å²) in [5, 5.41) is 12.1. The second-order valence-electron chi connectivity index (χ2n) is 7.07. The van der Waals surface area contributed by atoms with E-state index in [0.717, 1.165) is 35.3 Å². The molecule has 1 saturated heterocycles. The van der Waals surface area contributed by atoms with Crippen molar-refractivity contribution in [2.45, 2.75) is 38.6 Å². The van der Waals surface area contributed by atoms with Crippen molar-refractivity contribution in [3.05, 3.63) is 65.2 Å². The molecule has 1 aliphatic rings. The van der Waals surface area contributed by atoms with Crippen molar-refractivity contribution < 1.29 is 19.5 Å². The van der Waals surface area contributed by atoms with Crippen LogP contribution in [0.2, 0.25) is 0 Å². The van der Waals surface area contributed by atoms with Gasteiger partial charge in [-0.15, -0.1) is 0 Å². The molecular formula is C22H24N2O4. The normalized spacial score (nSPS) is 14.8. The van der Waals surface area contributed by atoms with E-state index < -0.39 is 12.0 Å². The number of rotatable bonds is 7. The van der Waals surface area contributed by atoms with Crippen LogP contribution in [0, 0.1) is 6.92 Å². The molecule has 3 rings (SSSR count). The summed E-state index contributed by atoms with van der Waals surface area (Å²) < 4.78 is 0. The number of nitrogens with zero attached hydrogens (tertiary/aromatic N) is 1. The maximum atomic E-state index is 12.5. The molecule has 0 aliphatic carbocycles. The number of nitrogens with one attached hydrogen (secondary N) is 1. The van der Waals surface area contributed by atoms with Gasteiger partial charge in [-0.1, -0.05) is 36.4 Å². The first-order valence-corrected chi connectivity index (χ1v) is 9.40. The van der Waals surface area contributed by atoms with Crippen molar-refractivity contribution >= 4 is 23.5 Å². The minimum Gasteiger partial charge on any atom is -0.481 e. The van der Waals surface area contributed by atoms with Crippen LogP contribution in [0.1, 0.15) is 42.0 Å². The molecule has 0 radical (unpaired) electrons. The highest BCUT2D eigenvalue weighted by Gasteiger charge is 2.22. The van der Waals surface area contributed by atoms with E-state index in [1.54, 1.807) is 4.90 Å². The fraction of sp³-hybridized carbons (Fsp3) is 0.318. The number of aliphatic carboxylic acids is 1. The predicted octanol–water partition coefficient (Wildman–Crippen LogP) is 3.00. The van der Waals surface area contributed by atoms with E-state index in [-0.39, 0.29) is 24.7 Å². The number of hydrogen-bond acceptors (Lipinski definition) is 3. The summed E-state index contributed by atoms with van der Waals surface area (Å²) in [4.78, 5) is 37.3. The first-order chi connectivity index (χ1) is 13.4. The predicted molar refractivity (Wildman–Crippen MR) is 106 cm³/mol. The van der Waals surface area contributed by atoms with Crippen LogP contribution in [0.25, 0.3) is 0 Å². The van der Waals surface area contributed by atoms with Gasteiger partial charge in [0.1, 0.15) is 0 Å². The maximum absolute atomic E-state index is 12.5. The van der Waals surface area contributed by atoms with Gasteiger partial charge in [0.25, 0.3) is 0 Å². The Morgan fingerprint density at radius 2 is 1.86 bits per heavy atom. The number of anilines is 1. The van der Waals surface area contributed by atoms with Gasteiger partial charge in [-0.25, -0.2) is 0 Å². The Morgan fingerprint density at radius 3 is 2.46 bits per heavy atom. The van der Waals surface area contributed by atoms with Gasteiger partial charge < -0.3 is 15.3 Å². The van der Waals surface area contributed by atoms with E-state index in [1.807, 2.05) is 55.5 Å². The van der Waals surface area contributed by atoms with E-state index in [9.17, 15) is 19.5 Å². The topological polar surface area (TPSA) is 86.7 Å². The van der Waals surface area contributed by atoms with Crippen molar-refractivity contribution in [1.82, 2.24) is 5.32 Å². The summed E-state index contributed by atoms with van der Waals surface area (Å²) in [5.74, 6) is -1.08. The first-order valence-electron chi connectivity index (χ1n) is 9.40. The lowest BCUT2D eigenvalue weighted by Crippen LogP contribution is -2.31. The first kappa shape index (κ1) is 19.6. The summed E-state index contributed by atoms with van der Waals surface area (Å²) in [5.41, 5.74) is 3.40. The van der Waals surface area contributed by atoms with Crippen LogP contribution < -0.4 is 10.2 Å². The summed E-state index contributed by atoms with van der Waals surface area (Å²) in [6, 6.07) is 14.2. The van der Waals surface area contributed by atoms with E-state index in [4.69, 9.17) is 0 Å². The van der Waals surface area contributed by atoms with Gasteiger partial charge >= 0.3 is 5.97 Å². The van der Waals surface area contributed by atoms with Gasteiger partial charge in [-0.2, -0.15) is 0 Å². The van der Waals surface area contributed by atoms with Crippen molar-refractivity contribution in [2.75, 3.05) is 11.4 Å². The molecule has 1 aliphatic heterocycles. The zero-order valence-electron chi connectivity index (χ0n) is 15.9. The van der Waals surface area contributed by atoms with Gasteiger partial charge in [0.05, 0.1) is 18.9 Å². The number of carboxylic acid groups (broad SMARTS) is 1. The monoisotopic (exact) mass is 380 g/mol. The Hall–Kier alpha value is -3.15. The van der Waals surface area contributed by atoms with Gasteiger partial charge in [0.2, 0.25) is 11.8 Å². The molecule has 146 valence electrons. The molecule has 1 fully saturated rings. The van der Waals surface area contributed by atoms with Crippen molar-refractivity contribution in [3.8, 4) is 0 Å². The Morgan fingerprint density at radius 1 is 1.14 bits per heavy atom. The highest BCUT2D eigenvalue weighted by molar-refractivity contribution is 5.95. The maximum Gasteiger partial charge on any atom is 0.305 e. The third-order valence-electron chi connectivity index (χ3n) is 4.96. The fourth-order valence-corrected chi connectivity index (χ4v) is 3.54. The standard InChI is InChI=1S/C22H24N2O4/c1-15-5-2-3-6-18(15)19(14-22(27)28)23-20(25)13-16-8-10-17(11-9-16)24-12-4-7-21(24)26/h2-3,5-6,8-11,19H,4,7,12-14H2,1H3,(H,23,25)(H,27,28)/t19-/m0/s1. The van der Waals surface area contributed by atoms with Crippen LogP contribution >= 0.6 is 0 Å². The molecule has 2 aromatic carbocycles. The Bertz CT molecular complexity index is 876. The highest BCUT2D eigenvalue weighted by Crippen LogP contribution is 2.23. The molecule has 0 bridgehead atoms. The molecule has 0 saturated carbocycles. The lowest BCUT2D eigenvalue weighted by molar-refractivity contribution is -0.137. The van der Waals surface area contributed by atoms with Crippen LogP contribution in [-0.4, -0.2) is 29.4 Å². The van der Waals surface area contributed by atoms with Crippen LogP contribution in [0.5, 0.6) is 0 Å². The molecule has 6 heteroatoms. The SMILES string of the molecule is Cc1ccccc1[C@H](CC(=O)O)NC(=O)Cc1ccc(N2CCCC2=O)cc1. The molecule has 6 nitrogen and oxygen atoms in total. The number of amides is 2. The van der Waals surface area contributed by atoms with Crippen molar-refractivity contribution in [1.29, 1.82) is 0 Å². The molecule has 2 aromatic rings. The Kier molecular flexibility index (Phi) is 6.09. The zero-order chi connectivity index (χ0) is 20.1. The minimum absolute atomic E-state index is 0.125. The molecule has 1 atom stereocenters. The molecule has 1 heterocycles. The van der Waals surface area contributed by atoms with E-state index in [1.165, 1.54) is 0 Å². The molecule has 2 N–H and O–H groups in total. The van der Waals surface area contributed by atoms with Crippen molar-refractivity contribution in [2.24, 2.45) is 0 Å². The highest BCUT2D eigenvalue weighted by atomic mass is 16.4. The smallest absolute Gasteiger partial charge is 0.305 e. The van der Waals surface area contributed by atoms with Gasteiger partial charge in [-0.05, 0) is 42.2 Å². The average Bonchev–Trinajstić information content (AvgIpc) is 3.08. The fourth-order valence-electron chi connectivity index (χ4n) is 3.54. The van der Waals surface area contributed by atoms with Crippen molar-refractivity contribution in [3.63, 3.8) is 0 Å². The molecule has 0 spiro atoms. The molecule has 2 amide bonds. The van der Waals surface area contributed by atoms with Gasteiger partial charge in [0, 0.05) is 18.7 Å². The molecule has 0 unspecified atom stereocenters. The molecule has 28 heavy (non-hydrogen) atoms. The van der Waals surface area contributed by atoms with Crippen LogP contribution in [0.15, 0.2) is 48.5 Å². The van der Waals surface area contributed by atoms with Crippen LogP contribution in [0.3, 0.4) is 0 Å². The second-order valence-corrected chi connectivity index (χ2v) is 7.07. The summed E-state index contributed by atoms with van der Waals surface area (Å²) in [6.45, 7) is 2.63. The van der Waals surface area contributed by atoms with E-state index in [2.05, 4.69) is 5.32 Å². The second kappa shape index (κ2) is 8.69. The van der Waals surface area contributed by atoms with E-state index in [0.29, 0.717) is 6.42 Å². The van der Waals surface area contributed by atoms with Crippen LogP contribution in [-0.2, 0) is 20.8 Å². The quantitative estimate of drug-likeness (QED) is 0.773. The lowest BCUT2D eigenvalue weighted by atomic mass is 9.98. The Balaban J connectivity index is 1.66.